The molecule has 2 nitrogen and oxygen atoms in total. The highest BCUT2D eigenvalue weighted by Gasteiger charge is 2.11. The van der Waals surface area contributed by atoms with Gasteiger partial charge in [-0.2, -0.15) is 0 Å². The van der Waals surface area contributed by atoms with Crippen LogP contribution < -0.4 is 0 Å². The molecular weight excluding hydrogens is 281 g/mol. The van der Waals surface area contributed by atoms with E-state index in [1.807, 2.05) is 22.6 Å². The van der Waals surface area contributed by atoms with Crippen LogP contribution >= 0.6 is 22.6 Å². The van der Waals surface area contributed by atoms with Gasteiger partial charge in [-0.3, -0.25) is 5.26 Å². The van der Waals surface area contributed by atoms with Crippen molar-refractivity contribution in [2.45, 2.75) is 6.61 Å². The third kappa shape index (κ3) is 1.90. The fourth-order valence-electron chi connectivity index (χ4n) is 0.766. The van der Waals surface area contributed by atoms with Crippen LogP contribution in [0.2, 0.25) is 0 Å². The van der Waals surface area contributed by atoms with Gasteiger partial charge in [-0.1, -0.05) is 0 Å². The SMILES string of the molecule is OOCc1c(I)ccc(F)c1F. The Kier molecular flexibility index (Phi) is 3.36. The van der Waals surface area contributed by atoms with Gasteiger partial charge in [-0.25, -0.2) is 13.7 Å². The quantitative estimate of drug-likeness (QED) is 0.392. The molecule has 0 aliphatic carbocycles. The number of hydrogen-bond donors (Lipinski definition) is 1. The topological polar surface area (TPSA) is 29.5 Å². The minimum Gasteiger partial charge on any atom is -0.251 e. The van der Waals surface area contributed by atoms with Crippen LogP contribution in [0.1, 0.15) is 5.56 Å². The van der Waals surface area contributed by atoms with Crippen molar-refractivity contribution in [1.82, 2.24) is 0 Å². The summed E-state index contributed by atoms with van der Waals surface area (Å²) in [7, 11) is 0. The first-order chi connectivity index (χ1) is 5.66. The summed E-state index contributed by atoms with van der Waals surface area (Å²) in [6.07, 6.45) is 0. The predicted octanol–water partition coefficient (Wildman–Crippen LogP) is 2.56. The van der Waals surface area contributed by atoms with Crippen molar-refractivity contribution in [1.29, 1.82) is 0 Å². The Bertz CT molecular complexity index is 291. The number of benzene rings is 1. The van der Waals surface area contributed by atoms with Gasteiger partial charge in [0, 0.05) is 9.13 Å². The predicted molar refractivity (Wildman–Crippen MR) is 46.5 cm³/mol. The molecule has 0 unspecified atom stereocenters. The van der Waals surface area contributed by atoms with Crippen LogP contribution in [-0.4, -0.2) is 5.26 Å². The van der Waals surface area contributed by atoms with Crippen molar-refractivity contribution in [2.24, 2.45) is 0 Å². The average Bonchev–Trinajstić information content (AvgIpc) is 2.06. The Morgan fingerprint density at radius 1 is 1.42 bits per heavy atom. The second-order valence-corrected chi connectivity index (χ2v) is 3.26. The summed E-state index contributed by atoms with van der Waals surface area (Å²) in [4.78, 5) is 3.73. The molecule has 1 aromatic rings. The smallest absolute Gasteiger partial charge is 0.165 e. The molecule has 0 saturated heterocycles. The molecule has 0 spiro atoms. The summed E-state index contributed by atoms with van der Waals surface area (Å²) < 4.78 is 26.0. The number of rotatable bonds is 2. The van der Waals surface area contributed by atoms with Crippen molar-refractivity contribution >= 4 is 22.6 Å². The molecule has 0 bridgehead atoms. The average molecular weight is 286 g/mol. The van der Waals surface area contributed by atoms with Gasteiger partial charge < -0.3 is 0 Å². The Labute approximate surface area is 81.2 Å². The van der Waals surface area contributed by atoms with E-state index >= 15 is 0 Å². The third-order valence-corrected chi connectivity index (χ3v) is 2.36. The molecular formula is C7H5F2IO2. The van der Waals surface area contributed by atoms with E-state index in [0.29, 0.717) is 3.57 Å². The third-order valence-electron chi connectivity index (χ3n) is 1.35. The largest absolute Gasteiger partial charge is 0.251 e. The van der Waals surface area contributed by atoms with Crippen molar-refractivity contribution < 1.29 is 18.9 Å². The molecule has 5 heteroatoms. The highest BCUT2D eigenvalue weighted by Crippen LogP contribution is 2.19. The standard InChI is InChI=1S/C7H5F2IO2/c8-5-1-2-6(10)4(3-12-11)7(5)9/h1-2,11H,3H2. The van der Waals surface area contributed by atoms with Crippen molar-refractivity contribution in [2.75, 3.05) is 0 Å². The first-order valence-corrected chi connectivity index (χ1v) is 4.13. The second kappa shape index (κ2) is 4.11. The number of hydrogen-bond acceptors (Lipinski definition) is 2. The summed E-state index contributed by atoms with van der Waals surface area (Å²) in [5, 5.41) is 8.07. The fraction of sp³-hybridized carbons (Fsp3) is 0.143. The van der Waals surface area contributed by atoms with Gasteiger partial charge in [0.25, 0.3) is 0 Å². The van der Waals surface area contributed by atoms with Crippen LogP contribution in [-0.2, 0) is 11.5 Å². The van der Waals surface area contributed by atoms with Crippen LogP contribution in [0, 0.1) is 15.2 Å². The van der Waals surface area contributed by atoms with Gasteiger partial charge in [-0.05, 0) is 34.7 Å². The van der Waals surface area contributed by atoms with E-state index in [1.54, 1.807) is 0 Å². The summed E-state index contributed by atoms with van der Waals surface area (Å²) in [6.45, 7) is -0.345. The lowest BCUT2D eigenvalue weighted by molar-refractivity contribution is -0.253. The van der Waals surface area contributed by atoms with E-state index in [0.717, 1.165) is 6.07 Å². The van der Waals surface area contributed by atoms with Gasteiger partial charge in [0.2, 0.25) is 0 Å². The normalized spacial score (nSPS) is 10.3. The molecule has 1 N–H and O–H groups in total. The molecule has 1 aromatic carbocycles. The van der Waals surface area contributed by atoms with Gasteiger partial charge in [0.05, 0.1) is 0 Å². The summed E-state index contributed by atoms with van der Waals surface area (Å²) >= 11 is 1.83. The first kappa shape index (κ1) is 9.82. The lowest BCUT2D eigenvalue weighted by Crippen LogP contribution is -1.99. The molecule has 12 heavy (non-hydrogen) atoms. The van der Waals surface area contributed by atoms with Gasteiger partial charge in [0.1, 0.15) is 6.61 Å². The summed E-state index contributed by atoms with van der Waals surface area (Å²) in [5.74, 6) is -1.92. The zero-order valence-electron chi connectivity index (χ0n) is 5.85. The lowest BCUT2D eigenvalue weighted by atomic mass is 10.2. The lowest BCUT2D eigenvalue weighted by Gasteiger charge is -2.03. The molecule has 0 aliphatic heterocycles. The van der Waals surface area contributed by atoms with E-state index in [4.69, 9.17) is 5.26 Å². The maximum atomic E-state index is 12.9. The molecule has 1 rings (SSSR count). The highest BCUT2D eigenvalue weighted by molar-refractivity contribution is 14.1. The molecule has 0 aromatic heterocycles. The Morgan fingerprint density at radius 3 is 2.67 bits per heavy atom. The first-order valence-electron chi connectivity index (χ1n) is 3.05. The van der Waals surface area contributed by atoms with Crippen molar-refractivity contribution in [3.05, 3.63) is 32.9 Å². The van der Waals surface area contributed by atoms with Crippen LogP contribution in [0.25, 0.3) is 0 Å². The Balaban J connectivity index is 3.14. The monoisotopic (exact) mass is 286 g/mol. The molecule has 0 radical (unpaired) electrons. The van der Waals surface area contributed by atoms with Crippen LogP contribution in [0.15, 0.2) is 12.1 Å². The van der Waals surface area contributed by atoms with Gasteiger partial charge in [-0.15, -0.1) is 0 Å². The van der Waals surface area contributed by atoms with Crippen LogP contribution in [0.4, 0.5) is 8.78 Å². The summed E-state index contributed by atoms with van der Waals surface area (Å²) in [6, 6.07) is 2.44. The second-order valence-electron chi connectivity index (χ2n) is 2.10. The fourth-order valence-corrected chi connectivity index (χ4v) is 1.34. The maximum absolute atomic E-state index is 12.9. The zero-order valence-corrected chi connectivity index (χ0v) is 8.01. The minimum absolute atomic E-state index is 0.0260. The van der Waals surface area contributed by atoms with Crippen LogP contribution in [0.5, 0.6) is 0 Å². The van der Waals surface area contributed by atoms with E-state index in [2.05, 4.69) is 4.89 Å². The Hall–Kier alpha value is -0.270. The van der Waals surface area contributed by atoms with E-state index in [9.17, 15) is 8.78 Å². The molecule has 0 saturated carbocycles. The molecule has 0 fully saturated rings. The molecule has 0 aliphatic rings. The van der Waals surface area contributed by atoms with E-state index in [1.165, 1.54) is 6.07 Å². The van der Waals surface area contributed by atoms with E-state index < -0.39 is 11.6 Å². The molecule has 0 amide bonds. The van der Waals surface area contributed by atoms with Crippen molar-refractivity contribution in [3.8, 4) is 0 Å². The Morgan fingerprint density at radius 2 is 2.08 bits per heavy atom. The molecule has 0 heterocycles. The summed E-state index contributed by atoms with van der Waals surface area (Å²) in [5.41, 5.74) is 0.0260. The van der Waals surface area contributed by atoms with Crippen molar-refractivity contribution in [3.63, 3.8) is 0 Å². The zero-order chi connectivity index (χ0) is 9.14. The van der Waals surface area contributed by atoms with Gasteiger partial charge in [0.15, 0.2) is 11.6 Å². The molecule has 0 atom stereocenters. The van der Waals surface area contributed by atoms with Gasteiger partial charge >= 0.3 is 0 Å². The molecule has 66 valence electrons. The minimum atomic E-state index is -0.976. The number of halogens is 3. The maximum Gasteiger partial charge on any atom is 0.165 e. The van der Waals surface area contributed by atoms with Crippen LogP contribution in [0.3, 0.4) is 0 Å². The van der Waals surface area contributed by atoms with E-state index in [-0.39, 0.29) is 12.2 Å². The highest BCUT2D eigenvalue weighted by atomic mass is 127.